The minimum Gasteiger partial charge on any atom is -0.350 e. The number of nitrogens with one attached hydrogen (secondary N) is 1. The van der Waals surface area contributed by atoms with Crippen LogP contribution < -0.4 is 5.32 Å². The third-order valence-electron chi connectivity index (χ3n) is 5.43. The summed E-state index contributed by atoms with van der Waals surface area (Å²) in [6.07, 6.45) is 1.86. The van der Waals surface area contributed by atoms with E-state index in [0.29, 0.717) is 6.54 Å². The summed E-state index contributed by atoms with van der Waals surface area (Å²) in [6, 6.07) is 26.1. The Kier molecular flexibility index (Phi) is 4.92. The molecule has 0 bridgehead atoms. The maximum atomic E-state index is 12.8. The zero-order valence-corrected chi connectivity index (χ0v) is 17.2. The molecular formula is C26H22N4O. The molecule has 31 heavy (non-hydrogen) atoms. The highest BCUT2D eigenvalue weighted by Gasteiger charge is 2.17. The molecule has 0 atom stereocenters. The molecular weight excluding hydrogens is 384 g/mol. The van der Waals surface area contributed by atoms with Gasteiger partial charge in [-0.2, -0.15) is 5.10 Å². The van der Waals surface area contributed by atoms with Crippen molar-refractivity contribution in [2.45, 2.75) is 20.0 Å². The number of aryl methyl sites for hydroxylation is 1. The average molecular weight is 406 g/mol. The van der Waals surface area contributed by atoms with Crippen LogP contribution in [0.3, 0.4) is 0 Å². The Hall–Kier alpha value is -3.99. The van der Waals surface area contributed by atoms with E-state index in [1.807, 2.05) is 60.8 Å². The Labute approximate surface area is 180 Å². The first kappa shape index (κ1) is 19.0. The van der Waals surface area contributed by atoms with Crippen LogP contribution >= 0.6 is 0 Å². The first-order valence-corrected chi connectivity index (χ1v) is 10.3. The fraction of sp³-hybridized carbons (Fsp3) is 0.115. The molecule has 0 unspecified atom stereocenters. The number of carbonyl (C=O) groups is 1. The quantitative estimate of drug-likeness (QED) is 0.453. The van der Waals surface area contributed by atoms with Crippen molar-refractivity contribution in [2.75, 3.05) is 0 Å². The van der Waals surface area contributed by atoms with Crippen molar-refractivity contribution in [3.05, 3.63) is 96.2 Å². The minimum atomic E-state index is -0.0791. The van der Waals surface area contributed by atoms with Crippen LogP contribution in [0.15, 0.2) is 85.1 Å². The molecule has 0 aliphatic carbocycles. The number of fused-ring (bicyclic) bond motifs is 3. The standard InChI is InChI=1S/C26H22N4O/c1-18-11-13-20(14-12-18)25-22-16-27-23-10-6-5-9-21(23)26(22)30(29-25)17-24(31)28-15-19-7-3-2-4-8-19/h2-14,16H,15,17H2,1H3,(H,28,31). The van der Waals surface area contributed by atoms with Crippen molar-refractivity contribution in [3.63, 3.8) is 0 Å². The molecule has 3 aromatic carbocycles. The average Bonchev–Trinajstić information content (AvgIpc) is 3.17. The van der Waals surface area contributed by atoms with Gasteiger partial charge in [-0.05, 0) is 18.6 Å². The first-order chi connectivity index (χ1) is 15.2. The van der Waals surface area contributed by atoms with Crippen LogP contribution in [0.2, 0.25) is 0 Å². The van der Waals surface area contributed by atoms with Crippen molar-refractivity contribution < 1.29 is 4.79 Å². The molecule has 1 N–H and O–H groups in total. The third kappa shape index (κ3) is 3.78. The molecule has 0 aliphatic heterocycles. The van der Waals surface area contributed by atoms with Crippen LogP contribution in [0, 0.1) is 6.92 Å². The van der Waals surface area contributed by atoms with E-state index >= 15 is 0 Å². The highest BCUT2D eigenvalue weighted by atomic mass is 16.2. The number of benzene rings is 3. The van der Waals surface area contributed by atoms with E-state index in [2.05, 4.69) is 41.5 Å². The van der Waals surface area contributed by atoms with E-state index in [4.69, 9.17) is 5.10 Å². The van der Waals surface area contributed by atoms with Gasteiger partial charge in [-0.15, -0.1) is 0 Å². The number of rotatable bonds is 5. The van der Waals surface area contributed by atoms with Gasteiger partial charge in [-0.3, -0.25) is 14.5 Å². The Bertz CT molecular complexity index is 1370. The van der Waals surface area contributed by atoms with E-state index in [0.717, 1.165) is 38.6 Å². The minimum absolute atomic E-state index is 0.0791. The maximum absolute atomic E-state index is 12.8. The number of carbonyl (C=O) groups excluding carboxylic acids is 1. The Morgan fingerprint density at radius 3 is 2.45 bits per heavy atom. The molecule has 0 radical (unpaired) electrons. The van der Waals surface area contributed by atoms with Gasteiger partial charge in [0, 0.05) is 29.1 Å². The topological polar surface area (TPSA) is 59.8 Å². The lowest BCUT2D eigenvalue weighted by Gasteiger charge is -2.07. The highest BCUT2D eigenvalue weighted by molar-refractivity contribution is 6.08. The summed E-state index contributed by atoms with van der Waals surface area (Å²) in [4.78, 5) is 17.4. The van der Waals surface area contributed by atoms with Crippen molar-refractivity contribution in [1.29, 1.82) is 0 Å². The second-order valence-corrected chi connectivity index (χ2v) is 7.67. The molecule has 5 aromatic rings. The molecule has 0 saturated heterocycles. The van der Waals surface area contributed by atoms with Crippen molar-refractivity contribution in [1.82, 2.24) is 20.1 Å². The SMILES string of the molecule is Cc1ccc(-c2nn(CC(=O)NCc3ccccc3)c3c2cnc2ccccc23)cc1. The fourth-order valence-electron chi connectivity index (χ4n) is 3.83. The largest absolute Gasteiger partial charge is 0.350 e. The zero-order chi connectivity index (χ0) is 21.2. The molecule has 5 nitrogen and oxygen atoms in total. The van der Waals surface area contributed by atoms with Crippen LogP contribution in [0.5, 0.6) is 0 Å². The molecule has 2 heterocycles. The van der Waals surface area contributed by atoms with Gasteiger partial charge in [-0.1, -0.05) is 78.4 Å². The summed E-state index contributed by atoms with van der Waals surface area (Å²) in [7, 11) is 0. The number of para-hydroxylation sites is 1. The number of hydrogen-bond acceptors (Lipinski definition) is 3. The normalized spacial score (nSPS) is 11.1. The lowest BCUT2D eigenvalue weighted by Crippen LogP contribution is -2.27. The first-order valence-electron chi connectivity index (χ1n) is 10.3. The van der Waals surface area contributed by atoms with Crippen LogP contribution in [0.1, 0.15) is 11.1 Å². The molecule has 1 amide bonds. The van der Waals surface area contributed by atoms with Crippen molar-refractivity contribution in [2.24, 2.45) is 0 Å². The molecule has 0 spiro atoms. The Morgan fingerprint density at radius 1 is 0.903 bits per heavy atom. The van der Waals surface area contributed by atoms with E-state index < -0.39 is 0 Å². The second kappa shape index (κ2) is 8.03. The molecule has 152 valence electrons. The highest BCUT2D eigenvalue weighted by Crippen LogP contribution is 2.32. The van der Waals surface area contributed by atoms with Gasteiger partial charge in [-0.25, -0.2) is 0 Å². The van der Waals surface area contributed by atoms with Crippen molar-refractivity contribution in [3.8, 4) is 11.3 Å². The van der Waals surface area contributed by atoms with Crippen molar-refractivity contribution >= 4 is 27.7 Å². The lowest BCUT2D eigenvalue weighted by atomic mass is 10.1. The van der Waals surface area contributed by atoms with Crippen LogP contribution in [0.25, 0.3) is 33.1 Å². The van der Waals surface area contributed by atoms with E-state index in [1.165, 1.54) is 5.56 Å². The molecule has 0 saturated carbocycles. The summed E-state index contributed by atoms with van der Waals surface area (Å²) in [5, 5.41) is 9.78. The van der Waals surface area contributed by atoms with Crippen LogP contribution in [-0.2, 0) is 17.9 Å². The lowest BCUT2D eigenvalue weighted by molar-refractivity contribution is -0.121. The number of amides is 1. The fourth-order valence-corrected chi connectivity index (χ4v) is 3.83. The maximum Gasteiger partial charge on any atom is 0.242 e. The summed E-state index contributed by atoms with van der Waals surface area (Å²) >= 11 is 0. The van der Waals surface area contributed by atoms with E-state index in [9.17, 15) is 4.79 Å². The zero-order valence-electron chi connectivity index (χ0n) is 17.2. The Morgan fingerprint density at radius 2 is 1.65 bits per heavy atom. The smallest absolute Gasteiger partial charge is 0.242 e. The van der Waals surface area contributed by atoms with Gasteiger partial charge in [0.1, 0.15) is 12.2 Å². The molecule has 0 aliphatic rings. The molecule has 5 rings (SSSR count). The van der Waals surface area contributed by atoms with Gasteiger partial charge in [0.15, 0.2) is 0 Å². The summed E-state index contributed by atoms with van der Waals surface area (Å²) < 4.78 is 1.80. The number of nitrogens with zero attached hydrogens (tertiary/aromatic N) is 3. The summed E-state index contributed by atoms with van der Waals surface area (Å²) in [5.41, 5.74) is 5.92. The monoisotopic (exact) mass is 406 g/mol. The predicted octanol–water partition coefficient (Wildman–Crippen LogP) is 4.88. The van der Waals surface area contributed by atoms with Gasteiger partial charge in [0.2, 0.25) is 5.91 Å². The number of aromatic nitrogens is 3. The van der Waals surface area contributed by atoms with Crippen LogP contribution in [0.4, 0.5) is 0 Å². The molecule has 5 heteroatoms. The van der Waals surface area contributed by atoms with Gasteiger partial charge in [0.05, 0.1) is 11.0 Å². The molecule has 2 aromatic heterocycles. The van der Waals surface area contributed by atoms with E-state index in [-0.39, 0.29) is 12.5 Å². The number of pyridine rings is 1. The predicted molar refractivity (Wildman–Crippen MR) is 123 cm³/mol. The second-order valence-electron chi connectivity index (χ2n) is 7.67. The summed E-state index contributed by atoms with van der Waals surface area (Å²) in [5.74, 6) is -0.0791. The Balaban J connectivity index is 1.55. The van der Waals surface area contributed by atoms with Crippen LogP contribution in [-0.4, -0.2) is 20.7 Å². The summed E-state index contributed by atoms with van der Waals surface area (Å²) in [6.45, 7) is 2.70. The van der Waals surface area contributed by atoms with Gasteiger partial charge < -0.3 is 5.32 Å². The van der Waals surface area contributed by atoms with Gasteiger partial charge >= 0.3 is 0 Å². The molecule has 0 fully saturated rings. The van der Waals surface area contributed by atoms with E-state index in [1.54, 1.807) is 4.68 Å². The van der Waals surface area contributed by atoms with Gasteiger partial charge in [0.25, 0.3) is 0 Å². The third-order valence-corrected chi connectivity index (χ3v) is 5.43. The number of hydrogen-bond donors (Lipinski definition) is 1.